The molecule has 0 amide bonds. The first-order chi connectivity index (χ1) is 8.45. The highest BCUT2D eigenvalue weighted by atomic mass is 35.5. The van der Waals surface area contributed by atoms with Crippen LogP contribution in [0.4, 0.5) is 0 Å². The number of halogens is 2. The summed E-state index contributed by atoms with van der Waals surface area (Å²) in [4.78, 5) is 0. The second-order valence-electron chi connectivity index (χ2n) is 5.22. The predicted molar refractivity (Wildman–Crippen MR) is 81.8 cm³/mol. The topological polar surface area (TPSA) is 12.0 Å². The number of hydrogen-bond acceptors (Lipinski definition) is 1. The van der Waals surface area contributed by atoms with Gasteiger partial charge < -0.3 is 5.32 Å². The summed E-state index contributed by atoms with van der Waals surface area (Å²) in [6.45, 7) is 9.77. The standard InChI is InChI=1S/C15H23Cl2N/c1-5-11(4)14(9-18-10(2)3)13-7-6-12(16)8-15(13)17/h6-8,10-11,14,18H,5,9H2,1-4H3. The molecule has 0 aromatic heterocycles. The lowest BCUT2D eigenvalue weighted by molar-refractivity contribution is 0.407. The van der Waals surface area contributed by atoms with E-state index >= 15 is 0 Å². The Kier molecular flexibility index (Phi) is 6.48. The van der Waals surface area contributed by atoms with E-state index in [2.05, 4.69) is 39.1 Å². The van der Waals surface area contributed by atoms with E-state index < -0.39 is 0 Å². The fraction of sp³-hybridized carbons (Fsp3) is 0.600. The molecule has 1 N–H and O–H groups in total. The molecule has 2 unspecified atom stereocenters. The molecule has 0 aliphatic rings. The molecule has 1 nitrogen and oxygen atoms in total. The third-order valence-electron chi connectivity index (χ3n) is 3.44. The van der Waals surface area contributed by atoms with Gasteiger partial charge in [0.15, 0.2) is 0 Å². The minimum Gasteiger partial charge on any atom is -0.314 e. The largest absolute Gasteiger partial charge is 0.314 e. The molecule has 0 heterocycles. The van der Waals surface area contributed by atoms with Crippen molar-refractivity contribution in [3.8, 4) is 0 Å². The van der Waals surface area contributed by atoms with E-state index in [-0.39, 0.29) is 0 Å². The average Bonchev–Trinajstić information content (AvgIpc) is 2.30. The van der Waals surface area contributed by atoms with Crippen LogP contribution in [-0.4, -0.2) is 12.6 Å². The number of benzene rings is 1. The average molecular weight is 288 g/mol. The summed E-state index contributed by atoms with van der Waals surface area (Å²) in [5.41, 5.74) is 1.20. The molecule has 1 rings (SSSR count). The molecule has 0 spiro atoms. The van der Waals surface area contributed by atoms with Crippen LogP contribution in [0.1, 0.15) is 45.6 Å². The van der Waals surface area contributed by atoms with E-state index in [1.54, 1.807) is 0 Å². The van der Waals surface area contributed by atoms with Gasteiger partial charge in [0.05, 0.1) is 0 Å². The molecule has 0 fully saturated rings. The molecule has 1 aromatic carbocycles. The normalized spacial score (nSPS) is 14.8. The molecule has 102 valence electrons. The predicted octanol–water partition coefficient (Wildman–Crippen LogP) is 5.12. The summed E-state index contributed by atoms with van der Waals surface area (Å²) in [5, 5.41) is 4.98. The van der Waals surface area contributed by atoms with Gasteiger partial charge in [-0.3, -0.25) is 0 Å². The summed E-state index contributed by atoms with van der Waals surface area (Å²) < 4.78 is 0. The van der Waals surface area contributed by atoms with Crippen molar-refractivity contribution < 1.29 is 0 Å². The van der Waals surface area contributed by atoms with Crippen LogP contribution in [0.15, 0.2) is 18.2 Å². The third-order valence-corrected chi connectivity index (χ3v) is 4.00. The molecule has 0 aliphatic heterocycles. The van der Waals surface area contributed by atoms with Crippen LogP contribution in [0.2, 0.25) is 10.0 Å². The van der Waals surface area contributed by atoms with E-state index in [9.17, 15) is 0 Å². The summed E-state index contributed by atoms with van der Waals surface area (Å²) in [6, 6.07) is 6.31. The van der Waals surface area contributed by atoms with Gasteiger partial charge in [0.25, 0.3) is 0 Å². The van der Waals surface area contributed by atoms with E-state index in [4.69, 9.17) is 23.2 Å². The molecule has 0 saturated carbocycles. The first kappa shape index (κ1) is 15.8. The zero-order chi connectivity index (χ0) is 13.7. The second-order valence-corrected chi connectivity index (χ2v) is 6.06. The Hall–Kier alpha value is -0.240. The zero-order valence-electron chi connectivity index (χ0n) is 11.6. The number of rotatable bonds is 6. The van der Waals surface area contributed by atoms with Crippen molar-refractivity contribution in [3.05, 3.63) is 33.8 Å². The molecule has 0 aliphatic carbocycles. The summed E-state index contributed by atoms with van der Waals surface area (Å²) in [5.74, 6) is 1.03. The van der Waals surface area contributed by atoms with Gasteiger partial charge in [-0.25, -0.2) is 0 Å². The first-order valence-corrected chi connectivity index (χ1v) is 7.39. The summed E-state index contributed by atoms with van der Waals surface area (Å²) >= 11 is 12.3. The van der Waals surface area contributed by atoms with E-state index in [0.717, 1.165) is 18.0 Å². The van der Waals surface area contributed by atoms with E-state index in [0.29, 0.717) is 22.9 Å². The molecular formula is C15H23Cl2N. The van der Waals surface area contributed by atoms with Crippen LogP contribution in [0.3, 0.4) is 0 Å². The summed E-state index contributed by atoms with van der Waals surface area (Å²) in [6.07, 6.45) is 1.14. The summed E-state index contributed by atoms with van der Waals surface area (Å²) in [7, 11) is 0. The molecular weight excluding hydrogens is 265 g/mol. The lowest BCUT2D eigenvalue weighted by Crippen LogP contribution is -2.30. The van der Waals surface area contributed by atoms with Crippen LogP contribution in [0, 0.1) is 5.92 Å². The highest BCUT2D eigenvalue weighted by Gasteiger charge is 2.20. The lowest BCUT2D eigenvalue weighted by Gasteiger charge is -2.26. The SMILES string of the molecule is CCC(C)C(CNC(C)C)c1ccc(Cl)cc1Cl. The fourth-order valence-electron chi connectivity index (χ4n) is 2.07. The quantitative estimate of drug-likeness (QED) is 0.766. The first-order valence-electron chi connectivity index (χ1n) is 6.64. The highest BCUT2D eigenvalue weighted by molar-refractivity contribution is 6.35. The molecule has 18 heavy (non-hydrogen) atoms. The van der Waals surface area contributed by atoms with Crippen molar-refractivity contribution in [1.82, 2.24) is 5.32 Å². The van der Waals surface area contributed by atoms with Crippen LogP contribution < -0.4 is 5.32 Å². The Morgan fingerprint density at radius 1 is 1.17 bits per heavy atom. The Balaban J connectivity index is 2.94. The van der Waals surface area contributed by atoms with Gasteiger partial charge >= 0.3 is 0 Å². The van der Waals surface area contributed by atoms with Gasteiger partial charge in [-0.05, 0) is 23.6 Å². The molecule has 0 bridgehead atoms. The smallest absolute Gasteiger partial charge is 0.0456 e. The minimum atomic E-state index is 0.433. The molecule has 2 atom stereocenters. The van der Waals surface area contributed by atoms with Crippen molar-refractivity contribution in [3.63, 3.8) is 0 Å². The van der Waals surface area contributed by atoms with Crippen molar-refractivity contribution in [2.24, 2.45) is 5.92 Å². The van der Waals surface area contributed by atoms with E-state index in [1.807, 2.05) is 12.1 Å². The van der Waals surface area contributed by atoms with Crippen LogP contribution >= 0.6 is 23.2 Å². The van der Waals surface area contributed by atoms with Gasteiger partial charge in [-0.2, -0.15) is 0 Å². The Morgan fingerprint density at radius 3 is 2.33 bits per heavy atom. The number of nitrogens with one attached hydrogen (secondary N) is 1. The van der Waals surface area contributed by atoms with Crippen LogP contribution in [-0.2, 0) is 0 Å². The zero-order valence-corrected chi connectivity index (χ0v) is 13.1. The molecule has 0 radical (unpaired) electrons. The van der Waals surface area contributed by atoms with Crippen molar-refractivity contribution in [2.75, 3.05) is 6.54 Å². The maximum atomic E-state index is 6.33. The van der Waals surface area contributed by atoms with Gasteiger partial charge in [0.2, 0.25) is 0 Å². The van der Waals surface area contributed by atoms with Crippen molar-refractivity contribution >= 4 is 23.2 Å². The molecule has 3 heteroatoms. The van der Waals surface area contributed by atoms with Crippen molar-refractivity contribution in [1.29, 1.82) is 0 Å². The Labute approximate surface area is 121 Å². The van der Waals surface area contributed by atoms with Gasteiger partial charge in [0.1, 0.15) is 0 Å². The highest BCUT2D eigenvalue weighted by Crippen LogP contribution is 2.33. The monoisotopic (exact) mass is 287 g/mol. The van der Waals surface area contributed by atoms with Crippen LogP contribution in [0.5, 0.6) is 0 Å². The third kappa shape index (κ3) is 4.46. The van der Waals surface area contributed by atoms with Gasteiger partial charge in [-0.1, -0.05) is 63.4 Å². The Bertz CT molecular complexity index is 377. The maximum Gasteiger partial charge on any atom is 0.0456 e. The van der Waals surface area contributed by atoms with E-state index in [1.165, 1.54) is 5.56 Å². The number of hydrogen-bond donors (Lipinski definition) is 1. The Morgan fingerprint density at radius 2 is 1.83 bits per heavy atom. The molecule has 1 aromatic rings. The fourth-order valence-corrected chi connectivity index (χ4v) is 2.62. The van der Waals surface area contributed by atoms with Crippen molar-refractivity contribution in [2.45, 2.75) is 46.1 Å². The lowest BCUT2D eigenvalue weighted by atomic mass is 9.85. The van der Waals surface area contributed by atoms with Gasteiger partial charge in [0, 0.05) is 28.5 Å². The minimum absolute atomic E-state index is 0.433. The maximum absolute atomic E-state index is 6.33. The second kappa shape index (κ2) is 7.37. The van der Waals surface area contributed by atoms with Crippen LogP contribution in [0.25, 0.3) is 0 Å². The van der Waals surface area contributed by atoms with Gasteiger partial charge in [-0.15, -0.1) is 0 Å². The molecule has 0 saturated heterocycles.